The highest BCUT2D eigenvalue weighted by Gasteiger charge is 2.27. The maximum absolute atomic E-state index is 2.78. The molecule has 24 heavy (non-hydrogen) atoms. The van der Waals surface area contributed by atoms with Gasteiger partial charge in [0.25, 0.3) is 0 Å². The fourth-order valence-electron chi connectivity index (χ4n) is 4.57. The Morgan fingerprint density at radius 1 is 0.875 bits per heavy atom. The predicted molar refractivity (Wildman–Crippen MR) is 101 cm³/mol. The van der Waals surface area contributed by atoms with E-state index in [1.807, 2.05) is 0 Å². The first-order valence-electron chi connectivity index (χ1n) is 9.64. The van der Waals surface area contributed by atoms with E-state index >= 15 is 0 Å². The van der Waals surface area contributed by atoms with Gasteiger partial charge in [-0.3, -0.25) is 0 Å². The average Bonchev–Trinajstić information content (AvgIpc) is 2.64. The van der Waals surface area contributed by atoms with Gasteiger partial charge in [0, 0.05) is 6.04 Å². The summed E-state index contributed by atoms with van der Waals surface area (Å²) in [7, 11) is 0. The molecule has 0 N–H and O–H groups in total. The van der Waals surface area contributed by atoms with Gasteiger partial charge in [0.05, 0.1) is 0 Å². The van der Waals surface area contributed by atoms with Crippen molar-refractivity contribution in [3.05, 3.63) is 70.8 Å². The van der Waals surface area contributed by atoms with Crippen LogP contribution in [0.15, 0.2) is 48.5 Å². The Morgan fingerprint density at radius 2 is 1.58 bits per heavy atom. The molecule has 1 saturated heterocycles. The molecular weight excluding hydrogens is 290 g/mol. The first-order valence-corrected chi connectivity index (χ1v) is 9.64. The zero-order chi connectivity index (χ0) is 16.4. The van der Waals surface area contributed by atoms with E-state index in [0.29, 0.717) is 0 Å². The van der Waals surface area contributed by atoms with Crippen LogP contribution in [-0.4, -0.2) is 24.0 Å². The summed E-state index contributed by atoms with van der Waals surface area (Å²) in [5.74, 6) is 0.875. The van der Waals surface area contributed by atoms with Gasteiger partial charge in [-0.25, -0.2) is 0 Å². The molecule has 1 fully saturated rings. The molecule has 0 radical (unpaired) electrons. The van der Waals surface area contributed by atoms with Crippen LogP contribution in [0.25, 0.3) is 0 Å². The summed E-state index contributed by atoms with van der Waals surface area (Å²) in [5.41, 5.74) is 6.07. The van der Waals surface area contributed by atoms with Gasteiger partial charge in [0.2, 0.25) is 0 Å². The molecule has 0 saturated carbocycles. The Morgan fingerprint density at radius 3 is 2.33 bits per heavy atom. The van der Waals surface area contributed by atoms with Crippen LogP contribution in [0, 0.1) is 12.8 Å². The van der Waals surface area contributed by atoms with Crippen LogP contribution in [0.4, 0.5) is 0 Å². The number of rotatable bonds is 3. The van der Waals surface area contributed by atoms with Crippen LogP contribution < -0.4 is 0 Å². The van der Waals surface area contributed by atoms with Crippen molar-refractivity contribution >= 4 is 0 Å². The smallest absolute Gasteiger partial charge is 0.0139 e. The monoisotopic (exact) mass is 319 g/mol. The third-order valence-corrected chi connectivity index (χ3v) is 6.13. The second kappa shape index (κ2) is 7.11. The van der Waals surface area contributed by atoms with Gasteiger partial charge >= 0.3 is 0 Å². The highest BCUT2D eigenvalue weighted by molar-refractivity contribution is 5.30. The average molecular weight is 319 g/mol. The van der Waals surface area contributed by atoms with Crippen LogP contribution in [-0.2, 0) is 19.3 Å². The first-order chi connectivity index (χ1) is 11.8. The molecule has 2 aromatic carbocycles. The van der Waals surface area contributed by atoms with E-state index in [-0.39, 0.29) is 0 Å². The van der Waals surface area contributed by atoms with E-state index in [1.165, 1.54) is 62.7 Å². The lowest BCUT2D eigenvalue weighted by Crippen LogP contribution is -2.44. The number of likely N-dealkylation sites (tertiary alicyclic amines) is 1. The summed E-state index contributed by atoms with van der Waals surface area (Å²) in [6.07, 6.45) is 7.88. The van der Waals surface area contributed by atoms with Gasteiger partial charge in [-0.05, 0) is 81.1 Å². The van der Waals surface area contributed by atoms with E-state index in [0.717, 1.165) is 12.0 Å². The Bertz CT molecular complexity index is 665. The number of hydrogen-bond acceptors (Lipinski definition) is 1. The van der Waals surface area contributed by atoms with Gasteiger partial charge < -0.3 is 4.90 Å². The number of aryl methyl sites for hydroxylation is 2. The SMILES string of the molecule is Cc1ccc(CC2CCN(C3CCc4ccccc4C3)CC2)cc1. The Hall–Kier alpha value is -1.60. The Balaban J connectivity index is 1.31. The lowest BCUT2D eigenvalue weighted by Gasteiger charge is -2.40. The molecule has 1 nitrogen and oxygen atoms in total. The maximum Gasteiger partial charge on any atom is 0.0139 e. The van der Waals surface area contributed by atoms with Crippen LogP contribution in [0.2, 0.25) is 0 Å². The molecule has 1 heterocycles. The summed E-state index contributed by atoms with van der Waals surface area (Å²) in [6, 6.07) is 19.0. The number of benzene rings is 2. The molecule has 2 aromatic rings. The predicted octanol–water partition coefficient (Wildman–Crippen LogP) is 4.81. The molecule has 1 aliphatic heterocycles. The fourth-order valence-corrected chi connectivity index (χ4v) is 4.57. The number of piperidine rings is 1. The zero-order valence-corrected chi connectivity index (χ0v) is 14.9. The molecule has 126 valence electrons. The number of fused-ring (bicyclic) bond motifs is 1. The molecule has 1 unspecified atom stereocenters. The zero-order valence-electron chi connectivity index (χ0n) is 14.9. The fraction of sp³-hybridized carbons (Fsp3) is 0.478. The van der Waals surface area contributed by atoms with E-state index in [2.05, 4.69) is 60.4 Å². The van der Waals surface area contributed by atoms with Gasteiger partial charge in [-0.15, -0.1) is 0 Å². The third kappa shape index (κ3) is 3.57. The highest BCUT2D eigenvalue weighted by atomic mass is 15.2. The van der Waals surface area contributed by atoms with Crippen molar-refractivity contribution in [2.24, 2.45) is 5.92 Å². The molecule has 0 aromatic heterocycles. The third-order valence-electron chi connectivity index (χ3n) is 6.13. The van der Waals surface area contributed by atoms with Crippen molar-refractivity contribution in [3.8, 4) is 0 Å². The van der Waals surface area contributed by atoms with E-state index in [4.69, 9.17) is 0 Å². The standard InChI is InChI=1S/C23H29N/c1-18-6-8-19(9-7-18)16-20-12-14-24(15-13-20)23-11-10-21-4-2-3-5-22(21)17-23/h2-9,20,23H,10-17H2,1H3. The summed E-state index contributed by atoms with van der Waals surface area (Å²) in [6.45, 7) is 4.76. The van der Waals surface area contributed by atoms with Crippen molar-refractivity contribution in [1.29, 1.82) is 0 Å². The molecule has 1 atom stereocenters. The summed E-state index contributed by atoms with van der Waals surface area (Å²) >= 11 is 0. The molecule has 0 spiro atoms. The van der Waals surface area contributed by atoms with Crippen molar-refractivity contribution in [1.82, 2.24) is 4.90 Å². The molecule has 0 bridgehead atoms. The van der Waals surface area contributed by atoms with Crippen LogP contribution >= 0.6 is 0 Å². The molecule has 1 heteroatoms. The molecular formula is C23H29N. The van der Waals surface area contributed by atoms with Gasteiger partial charge in [-0.2, -0.15) is 0 Å². The summed E-state index contributed by atoms with van der Waals surface area (Å²) in [5, 5.41) is 0. The minimum atomic E-state index is 0.778. The van der Waals surface area contributed by atoms with Crippen LogP contribution in [0.1, 0.15) is 41.5 Å². The second-order valence-corrected chi connectivity index (χ2v) is 7.83. The van der Waals surface area contributed by atoms with Crippen molar-refractivity contribution in [2.45, 2.75) is 51.5 Å². The number of nitrogens with zero attached hydrogens (tertiary/aromatic N) is 1. The van der Waals surface area contributed by atoms with Gasteiger partial charge in [0.15, 0.2) is 0 Å². The topological polar surface area (TPSA) is 3.24 Å². The number of hydrogen-bond donors (Lipinski definition) is 0. The van der Waals surface area contributed by atoms with Crippen molar-refractivity contribution in [2.75, 3.05) is 13.1 Å². The lowest BCUT2D eigenvalue weighted by atomic mass is 9.84. The molecule has 1 aliphatic carbocycles. The minimum Gasteiger partial charge on any atom is -0.300 e. The second-order valence-electron chi connectivity index (χ2n) is 7.83. The van der Waals surface area contributed by atoms with Crippen molar-refractivity contribution < 1.29 is 0 Å². The first kappa shape index (κ1) is 15.9. The largest absolute Gasteiger partial charge is 0.300 e. The Kier molecular flexibility index (Phi) is 4.71. The highest BCUT2D eigenvalue weighted by Crippen LogP contribution is 2.29. The van der Waals surface area contributed by atoms with Crippen molar-refractivity contribution in [3.63, 3.8) is 0 Å². The normalized spacial score (nSPS) is 22.3. The van der Waals surface area contributed by atoms with E-state index in [9.17, 15) is 0 Å². The van der Waals surface area contributed by atoms with Gasteiger partial charge in [-0.1, -0.05) is 54.1 Å². The van der Waals surface area contributed by atoms with Gasteiger partial charge in [0.1, 0.15) is 0 Å². The quantitative estimate of drug-likeness (QED) is 0.785. The Labute approximate surface area is 146 Å². The summed E-state index contributed by atoms with van der Waals surface area (Å²) in [4.78, 5) is 2.78. The molecule has 4 rings (SSSR count). The van der Waals surface area contributed by atoms with Crippen LogP contribution in [0.5, 0.6) is 0 Å². The molecule has 0 amide bonds. The van der Waals surface area contributed by atoms with E-state index < -0.39 is 0 Å². The minimum absolute atomic E-state index is 0.778. The van der Waals surface area contributed by atoms with E-state index in [1.54, 1.807) is 11.1 Å². The lowest BCUT2D eigenvalue weighted by molar-refractivity contribution is 0.122. The maximum atomic E-state index is 2.78. The van der Waals surface area contributed by atoms with Crippen LogP contribution in [0.3, 0.4) is 0 Å². The molecule has 2 aliphatic rings. The summed E-state index contributed by atoms with van der Waals surface area (Å²) < 4.78 is 0.